The highest BCUT2D eigenvalue weighted by Crippen LogP contribution is 2.32. The van der Waals surface area contributed by atoms with Crippen LogP contribution in [0.1, 0.15) is 51.8 Å². The summed E-state index contributed by atoms with van der Waals surface area (Å²) in [6, 6.07) is 8.63. The summed E-state index contributed by atoms with van der Waals surface area (Å²) in [5.74, 6) is 6.45. The van der Waals surface area contributed by atoms with Crippen LogP contribution in [0, 0.1) is 11.3 Å². The monoisotopic (exact) mass is 278 g/mol. The molecule has 0 spiro atoms. The fourth-order valence-electron chi connectivity index (χ4n) is 2.73. The summed E-state index contributed by atoms with van der Waals surface area (Å²) in [7, 11) is 1.75. The van der Waals surface area contributed by atoms with Gasteiger partial charge >= 0.3 is 0 Å². The van der Waals surface area contributed by atoms with Crippen LogP contribution < -0.4 is 11.3 Å². The molecule has 20 heavy (non-hydrogen) atoms. The van der Waals surface area contributed by atoms with E-state index in [1.807, 2.05) is 0 Å². The molecule has 1 aromatic rings. The second kappa shape index (κ2) is 7.21. The molecule has 0 aliphatic carbocycles. The summed E-state index contributed by atoms with van der Waals surface area (Å²) in [5.41, 5.74) is 5.48. The van der Waals surface area contributed by atoms with Crippen LogP contribution in [0.4, 0.5) is 0 Å². The Morgan fingerprint density at radius 1 is 1.25 bits per heavy atom. The van der Waals surface area contributed by atoms with Crippen LogP contribution in [0.5, 0.6) is 0 Å². The average Bonchev–Trinajstić information content (AvgIpc) is 2.33. The van der Waals surface area contributed by atoms with Crippen molar-refractivity contribution in [1.29, 1.82) is 0 Å². The molecule has 3 heteroatoms. The lowest BCUT2D eigenvalue weighted by Gasteiger charge is -2.36. The zero-order chi connectivity index (χ0) is 15.3. The van der Waals surface area contributed by atoms with Crippen LogP contribution >= 0.6 is 0 Å². The number of nitrogens with one attached hydrogen (secondary N) is 1. The predicted octanol–water partition coefficient (Wildman–Crippen LogP) is 3.45. The standard InChI is InChI=1S/C17H30N2O/c1-12(2)10-13-8-7-9-14(11-13)15(19-18)16(20-6)17(3,4)5/h7-9,11-12,15-16,19H,10,18H2,1-6H3. The van der Waals surface area contributed by atoms with Gasteiger partial charge in [-0.05, 0) is 28.9 Å². The van der Waals surface area contributed by atoms with Crippen LogP contribution in [0.3, 0.4) is 0 Å². The first-order valence-electron chi connectivity index (χ1n) is 7.37. The smallest absolute Gasteiger partial charge is 0.0827 e. The first kappa shape index (κ1) is 17.2. The topological polar surface area (TPSA) is 47.3 Å². The maximum absolute atomic E-state index is 5.80. The predicted molar refractivity (Wildman–Crippen MR) is 85.3 cm³/mol. The number of nitrogens with two attached hydrogens (primary N) is 1. The molecule has 0 amide bonds. The molecule has 1 aromatic carbocycles. The van der Waals surface area contributed by atoms with E-state index < -0.39 is 0 Å². The minimum atomic E-state index is -0.00730. The fourth-order valence-corrected chi connectivity index (χ4v) is 2.73. The normalized spacial score (nSPS) is 15.4. The molecule has 0 aliphatic rings. The van der Waals surface area contributed by atoms with Crippen molar-refractivity contribution in [2.75, 3.05) is 7.11 Å². The molecule has 3 nitrogen and oxygen atoms in total. The Balaban J connectivity index is 3.05. The van der Waals surface area contributed by atoms with Crippen molar-refractivity contribution in [3.05, 3.63) is 35.4 Å². The number of methoxy groups -OCH3 is 1. The molecule has 0 aromatic heterocycles. The third-order valence-corrected chi connectivity index (χ3v) is 3.54. The minimum Gasteiger partial charge on any atom is -0.379 e. The number of rotatable bonds is 6. The largest absolute Gasteiger partial charge is 0.379 e. The number of hydrazine groups is 1. The quantitative estimate of drug-likeness (QED) is 0.619. The van der Waals surface area contributed by atoms with Gasteiger partial charge in [0.1, 0.15) is 0 Å². The molecule has 3 N–H and O–H groups in total. The number of hydrogen-bond acceptors (Lipinski definition) is 3. The van der Waals surface area contributed by atoms with Gasteiger partial charge in [0.25, 0.3) is 0 Å². The third-order valence-electron chi connectivity index (χ3n) is 3.54. The lowest BCUT2D eigenvalue weighted by atomic mass is 9.81. The van der Waals surface area contributed by atoms with Crippen LogP contribution in [0.2, 0.25) is 0 Å². The number of ether oxygens (including phenoxy) is 1. The Bertz CT molecular complexity index is 410. The van der Waals surface area contributed by atoms with Crippen molar-refractivity contribution in [2.24, 2.45) is 17.2 Å². The van der Waals surface area contributed by atoms with Crippen LogP contribution in [-0.4, -0.2) is 13.2 Å². The Kier molecular flexibility index (Phi) is 6.18. The number of benzene rings is 1. The Morgan fingerprint density at radius 3 is 2.35 bits per heavy atom. The lowest BCUT2D eigenvalue weighted by molar-refractivity contribution is -0.0120. The first-order chi connectivity index (χ1) is 9.29. The van der Waals surface area contributed by atoms with E-state index in [0.29, 0.717) is 5.92 Å². The molecule has 0 radical (unpaired) electrons. The van der Waals surface area contributed by atoms with Crippen LogP contribution in [-0.2, 0) is 11.2 Å². The zero-order valence-electron chi connectivity index (χ0n) is 13.7. The highest BCUT2D eigenvalue weighted by molar-refractivity contribution is 5.27. The van der Waals surface area contributed by atoms with E-state index in [0.717, 1.165) is 6.42 Å². The van der Waals surface area contributed by atoms with E-state index in [1.54, 1.807) is 7.11 Å². The molecule has 2 atom stereocenters. The summed E-state index contributed by atoms with van der Waals surface area (Å²) < 4.78 is 5.70. The Labute approximate surface area is 123 Å². The van der Waals surface area contributed by atoms with Gasteiger partial charge in [-0.15, -0.1) is 0 Å². The second-order valence-electron chi connectivity index (χ2n) is 7.01. The lowest BCUT2D eigenvalue weighted by Crippen LogP contribution is -2.44. The molecule has 0 aliphatic heterocycles. The van der Waals surface area contributed by atoms with E-state index in [-0.39, 0.29) is 17.6 Å². The van der Waals surface area contributed by atoms with Gasteiger partial charge in [-0.2, -0.15) is 0 Å². The molecule has 0 saturated carbocycles. The zero-order valence-corrected chi connectivity index (χ0v) is 13.7. The van der Waals surface area contributed by atoms with E-state index in [4.69, 9.17) is 10.6 Å². The second-order valence-corrected chi connectivity index (χ2v) is 7.01. The summed E-state index contributed by atoms with van der Waals surface area (Å²) in [5, 5.41) is 0. The van der Waals surface area contributed by atoms with Crippen molar-refractivity contribution in [2.45, 2.75) is 53.2 Å². The van der Waals surface area contributed by atoms with Gasteiger partial charge in [0.2, 0.25) is 0 Å². The van der Waals surface area contributed by atoms with Gasteiger partial charge < -0.3 is 4.74 Å². The van der Waals surface area contributed by atoms with E-state index >= 15 is 0 Å². The first-order valence-corrected chi connectivity index (χ1v) is 7.37. The molecule has 1 rings (SSSR count). The highest BCUT2D eigenvalue weighted by Gasteiger charge is 2.32. The number of hydrogen-bond donors (Lipinski definition) is 2. The maximum atomic E-state index is 5.80. The van der Waals surface area contributed by atoms with Gasteiger partial charge in [-0.3, -0.25) is 11.3 Å². The van der Waals surface area contributed by atoms with Crippen LogP contribution in [0.25, 0.3) is 0 Å². The SMILES string of the molecule is COC(C(NN)c1cccc(CC(C)C)c1)C(C)(C)C. The van der Waals surface area contributed by atoms with Crippen molar-refractivity contribution in [3.8, 4) is 0 Å². The Hall–Kier alpha value is -0.900. The van der Waals surface area contributed by atoms with E-state index in [9.17, 15) is 0 Å². The molecule has 0 bridgehead atoms. The molecule has 0 heterocycles. The molecular weight excluding hydrogens is 248 g/mol. The summed E-state index contributed by atoms with van der Waals surface area (Å²) >= 11 is 0. The fraction of sp³-hybridized carbons (Fsp3) is 0.647. The van der Waals surface area contributed by atoms with E-state index in [1.165, 1.54) is 11.1 Å². The van der Waals surface area contributed by atoms with Crippen molar-refractivity contribution in [1.82, 2.24) is 5.43 Å². The maximum Gasteiger partial charge on any atom is 0.0827 e. The minimum absolute atomic E-state index is 0.00730. The average molecular weight is 278 g/mol. The van der Waals surface area contributed by atoms with Crippen molar-refractivity contribution in [3.63, 3.8) is 0 Å². The van der Waals surface area contributed by atoms with Gasteiger partial charge in [0, 0.05) is 7.11 Å². The van der Waals surface area contributed by atoms with Crippen molar-refractivity contribution < 1.29 is 4.74 Å². The third kappa shape index (κ3) is 4.58. The van der Waals surface area contributed by atoms with E-state index in [2.05, 4.69) is 64.3 Å². The van der Waals surface area contributed by atoms with Crippen LogP contribution in [0.15, 0.2) is 24.3 Å². The van der Waals surface area contributed by atoms with Gasteiger partial charge in [-0.25, -0.2) is 0 Å². The molecule has 0 saturated heterocycles. The van der Waals surface area contributed by atoms with Gasteiger partial charge in [-0.1, -0.05) is 58.9 Å². The summed E-state index contributed by atoms with van der Waals surface area (Å²) in [6.07, 6.45) is 1.10. The molecule has 114 valence electrons. The molecular formula is C17H30N2O. The van der Waals surface area contributed by atoms with Gasteiger partial charge in [0.05, 0.1) is 12.1 Å². The molecule has 0 fully saturated rings. The Morgan fingerprint density at radius 2 is 1.90 bits per heavy atom. The van der Waals surface area contributed by atoms with Crippen molar-refractivity contribution >= 4 is 0 Å². The molecule has 2 unspecified atom stereocenters. The highest BCUT2D eigenvalue weighted by atomic mass is 16.5. The van der Waals surface area contributed by atoms with Gasteiger partial charge in [0.15, 0.2) is 0 Å². The summed E-state index contributed by atoms with van der Waals surface area (Å²) in [4.78, 5) is 0. The summed E-state index contributed by atoms with van der Waals surface area (Å²) in [6.45, 7) is 11.0.